The summed E-state index contributed by atoms with van der Waals surface area (Å²) in [6.07, 6.45) is 2.90. The lowest BCUT2D eigenvalue weighted by atomic mass is 10.0. The maximum atomic E-state index is 12.3. The van der Waals surface area contributed by atoms with Crippen molar-refractivity contribution in [1.82, 2.24) is 9.29 Å². The van der Waals surface area contributed by atoms with Gasteiger partial charge >= 0.3 is 0 Å². The van der Waals surface area contributed by atoms with Crippen LogP contribution in [0.1, 0.15) is 20.3 Å². The first-order valence-corrected chi connectivity index (χ1v) is 6.64. The number of rotatable bonds is 2. The second kappa shape index (κ2) is 3.58. The minimum atomic E-state index is -3.49. The number of hydrogen-bond donors (Lipinski definition) is 2. The third-order valence-corrected chi connectivity index (χ3v) is 5.30. The smallest absolute Gasteiger partial charge is 0.245 e. The van der Waals surface area contributed by atoms with E-state index in [0.29, 0.717) is 13.0 Å². The summed E-state index contributed by atoms with van der Waals surface area (Å²) in [6.45, 7) is 3.85. The number of sulfonamides is 1. The second-order valence-electron chi connectivity index (χ2n) is 4.58. The highest BCUT2D eigenvalue weighted by Gasteiger charge is 2.47. The molecule has 90 valence electrons. The highest BCUT2D eigenvalue weighted by molar-refractivity contribution is 7.89. The van der Waals surface area contributed by atoms with Crippen LogP contribution in [0.5, 0.6) is 0 Å². The fourth-order valence-corrected chi connectivity index (χ4v) is 3.87. The molecule has 0 spiro atoms. The molecule has 0 radical (unpaired) electrons. The van der Waals surface area contributed by atoms with Crippen molar-refractivity contribution in [2.75, 3.05) is 6.54 Å². The quantitative estimate of drug-likeness (QED) is 0.798. The fourth-order valence-electron chi connectivity index (χ4n) is 2.07. The molecule has 1 unspecified atom stereocenters. The molecule has 1 aromatic rings. The molecule has 1 aromatic heterocycles. The highest BCUT2D eigenvalue weighted by atomic mass is 32.2. The number of hydrogen-bond acceptors (Lipinski definition) is 3. The van der Waals surface area contributed by atoms with Crippen LogP contribution in [0.25, 0.3) is 0 Å². The van der Waals surface area contributed by atoms with E-state index >= 15 is 0 Å². The lowest BCUT2D eigenvalue weighted by Crippen LogP contribution is -2.47. The van der Waals surface area contributed by atoms with Crippen molar-refractivity contribution in [2.24, 2.45) is 0 Å². The van der Waals surface area contributed by atoms with E-state index in [2.05, 4.69) is 4.98 Å². The summed E-state index contributed by atoms with van der Waals surface area (Å²) in [5, 5.41) is 9.77. The summed E-state index contributed by atoms with van der Waals surface area (Å²) in [6, 6.07) is 1.52. The normalized spacial score (nSPS) is 26.1. The predicted octanol–water partition coefficient (Wildman–Crippen LogP) is 0.549. The molecule has 0 aliphatic carbocycles. The summed E-state index contributed by atoms with van der Waals surface area (Å²) >= 11 is 0. The van der Waals surface area contributed by atoms with Gasteiger partial charge in [-0.3, -0.25) is 0 Å². The molecule has 0 amide bonds. The van der Waals surface area contributed by atoms with Crippen molar-refractivity contribution in [3.05, 3.63) is 18.5 Å². The van der Waals surface area contributed by atoms with Crippen molar-refractivity contribution in [1.29, 1.82) is 0 Å². The molecular formula is C10H16N2O3S. The fraction of sp³-hybridized carbons (Fsp3) is 0.600. The van der Waals surface area contributed by atoms with Crippen molar-refractivity contribution in [3.8, 4) is 0 Å². The maximum absolute atomic E-state index is 12.3. The average Bonchev–Trinajstić information content (AvgIpc) is 2.76. The molecule has 16 heavy (non-hydrogen) atoms. The molecule has 0 bridgehead atoms. The van der Waals surface area contributed by atoms with Gasteiger partial charge in [-0.05, 0) is 26.3 Å². The Labute approximate surface area is 95.1 Å². The molecule has 1 aliphatic rings. The van der Waals surface area contributed by atoms with E-state index in [1.54, 1.807) is 20.0 Å². The van der Waals surface area contributed by atoms with E-state index in [1.807, 2.05) is 0 Å². The van der Waals surface area contributed by atoms with E-state index in [9.17, 15) is 13.5 Å². The number of aliphatic hydroxyl groups is 1. The van der Waals surface area contributed by atoms with Crippen LogP contribution >= 0.6 is 0 Å². The number of nitrogens with one attached hydrogen (secondary N) is 1. The topological polar surface area (TPSA) is 73.4 Å². The minimum absolute atomic E-state index is 0.245. The van der Waals surface area contributed by atoms with Gasteiger partial charge in [0.15, 0.2) is 0 Å². The van der Waals surface area contributed by atoms with E-state index in [4.69, 9.17) is 0 Å². The van der Waals surface area contributed by atoms with Gasteiger partial charge in [0.1, 0.15) is 0 Å². The minimum Gasteiger partial charge on any atom is -0.391 e. The lowest BCUT2D eigenvalue weighted by molar-refractivity contribution is 0.0901. The largest absolute Gasteiger partial charge is 0.391 e. The number of H-pyrrole nitrogens is 1. The number of aromatic amines is 1. The second-order valence-corrected chi connectivity index (χ2v) is 6.44. The molecule has 1 saturated heterocycles. The van der Waals surface area contributed by atoms with Gasteiger partial charge in [0.25, 0.3) is 0 Å². The number of aromatic nitrogens is 1. The maximum Gasteiger partial charge on any atom is 0.245 e. The van der Waals surface area contributed by atoms with Gasteiger partial charge in [0.05, 0.1) is 16.5 Å². The average molecular weight is 244 g/mol. The van der Waals surface area contributed by atoms with Gasteiger partial charge in [-0.1, -0.05) is 0 Å². The molecule has 0 saturated carbocycles. The standard InChI is InChI=1S/C10H16N2O3S/c1-10(2)9(13)4-6-12(10)16(14,15)8-3-5-11-7-8/h3,5,7,9,11,13H,4,6H2,1-2H3. The summed E-state index contributed by atoms with van der Waals surface area (Å²) in [7, 11) is -3.49. The van der Waals surface area contributed by atoms with Crippen molar-refractivity contribution in [3.63, 3.8) is 0 Å². The van der Waals surface area contributed by atoms with E-state index < -0.39 is 21.7 Å². The van der Waals surface area contributed by atoms with Crippen molar-refractivity contribution < 1.29 is 13.5 Å². The summed E-state index contributed by atoms with van der Waals surface area (Å²) in [4.78, 5) is 2.97. The van der Waals surface area contributed by atoms with Crippen molar-refractivity contribution >= 4 is 10.0 Å². The molecule has 1 fully saturated rings. The van der Waals surface area contributed by atoms with E-state index in [0.717, 1.165) is 0 Å². The predicted molar refractivity (Wildman–Crippen MR) is 59.4 cm³/mol. The Hall–Kier alpha value is -0.850. The Morgan fingerprint density at radius 1 is 1.56 bits per heavy atom. The van der Waals surface area contributed by atoms with Gasteiger partial charge in [0.2, 0.25) is 10.0 Å². The van der Waals surface area contributed by atoms with Gasteiger partial charge in [-0.25, -0.2) is 8.42 Å². The zero-order valence-corrected chi connectivity index (χ0v) is 10.2. The summed E-state index contributed by atoms with van der Waals surface area (Å²) in [5.74, 6) is 0. The van der Waals surface area contributed by atoms with Crippen LogP contribution in [0.15, 0.2) is 23.4 Å². The third kappa shape index (κ3) is 1.57. The Bertz CT molecular complexity index is 464. The summed E-state index contributed by atoms with van der Waals surface area (Å²) in [5.41, 5.74) is -0.740. The van der Waals surface area contributed by atoms with Gasteiger partial charge in [0, 0.05) is 18.9 Å². The summed E-state index contributed by atoms with van der Waals surface area (Å²) < 4.78 is 25.9. The Kier molecular flexibility index (Phi) is 2.60. The molecule has 2 heterocycles. The van der Waals surface area contributed by atoms with Crippen LogP contribution in [-0.4, -0.2) is 41.0 Å². The van der Waals surface area contributed by atoms with Crippen LogP contribution in [0, 0.1) is 0 Å². The monoisotopic (exact) mass is 244 g/mol. The Morgan fingerprint density at radius 3 is 2.69 bits per heavy atom. The van der Waals surface area contributed by atoms with Crippen LogP contribution in [0.3, 0.4) is 0 Å². The number of aliphatic hydroxyl groups excluding tert-OH is 1. The van der Waals surface area contributed by atoms with Crippen molar-refractivity contribution in [2.45, 2.75) is 36.8 Å². The highest BCUT2D eigenvalue weighted by Crippen LogP contribution is 2.34. The first kappa shape index (κ1) is 11.6. The van der Waals surface area contributed by atoms with E-state index in [1.165, 1.54) is 16.6 Å². The first-order chi connectivity index (χ1) is 7.37. The Balaban J connectivity index is 2.40. The third-order valence-electron chi connectivity index (χ3n) is 3.22. The molecule has 1 aliphatic heterocycles. The molecule has 0 aromatic carbocycles. The Morgan fingerprint density at radius 2 is 2.25 bits per heavy atom. The van der Waals surface area contributed by atoms with Crippen LogP contribution in [0.4, 0.5) is 0 Å². The zero-order valence-electron chi connectivity index (χ0n) is 9.34. The lowest BCUT2D eigenvalue weighted by Gasteiger charge is -2.32. The molecule has 2 N–H and O–H groups in total. The molecule has 5 nitrogen and oxygen atoms in total. The SMILES string of the molecule is CC1(C)C(O)CCN1S(=O)(=O)c1cc[nH]c1. The number of nitrogens with zero attached hydrogens (tertiary/aromatic N) is 1. The molecule has 2 rings (SSSR count). The first-order valence-electron chi connectivity index (χ1n) is 5.20. The molecule has 6 heteroatoms. The van der Waals surface area contributed by atoms with Gasteiger partial charge in [-0.2, -0.15) is 4.31 Å². The molecule has 1 atom stereocenters. The van der Waals surface area contributed by atoms with Crippen LogP contribution in [-0.2, 0) is 10.0 Å². The zero-order chi connectivity index (χ0) is 12.0. The van der Waals surface area contributed by atoms with E-state index in [-0.39, 0.29) is 4.90 Å². The molecular weight excluding hydrogens is 228 g/mol. The van der Waals surface area contributed by atoms with Gasteiger partial charge < -0.3 is 10.1 Å². The van der Waals surface area contributed by atoms with Crippen LogP contribution in [0.2, 0.25) is 0 Å². The van der Waals surface area contributed by atoms with Gasteiger partial charge in [-0.15, -0.1) is 0 Å². The van der Waals surface area contributed by atoms with Crippen LogP contribution < -0.4 is 0 Å².